The van der Waals surface area contributed by atoms with Crippen molar-refractivity contribution >= 4 is 17.9 Å². The van der Waals surface area contributed by atoms with Gasteiger partial charge in [0.05, 0.1) is 19.6 Å². The van der Waals surface area contributed by atoms with Gasteiger partial charge in [-0.25, -0.2) is 0 Å². The van der Waals surface area contributed by atoms with Crippen molar-refractivity contribution in [2.24, 2.45) is 0 Å². The van der Waals surface area contributed by atoms with Gasteiger partial charge in [0, 0.05) is 32.5 Å². The Bertz CT molecular complexity index is 1090. The molecule has 0 radical (unpaired) electrons. The van der Waals surface area contributed by atoms with Crippen LogP contribution in [0.4, 0.5) is 0 Å². The van der Waals surface area contributed by atoms with E-state index in [-0.39, 0.29) is 44.1 Å². The van der Waals surface area contributed by atoms with Gasteiger partial charge in [0.2, 0.25) is 0 Å². The Morgan fingerprint density at radius 3 is 1.23 bits per heavy atom. The van der Waals surface area contributed by atoms with E-state index >= 15 is 0 Å². The van der Waals surface area contributed by atoms with Crippen LogP contribution in [0.2, 0.25) is 0 Å². The van der Waals surface area contributed by atoms with E-state index in [0.29, 0.717) is 44.6 Å². The van der Waals surface area contributed by atoms with Crippen molar-refractivity contribution in [2.45, 2.75) is 233 Å². The summed E-state index contributed by atoms with van der Waals surface area (Å²) in [5.41, 5.74) is 2.13. The van der Waals surface area contributed by atoms with E-state index in [0.717, 1.165) is 81.8 Å². The zero-order chi connectivity index (χ0) is 41.4. The molecular weight excluding hydrogens is 721 g/mol. The minimum absolute atomic E-state index is 0.0620. The lowest BCUT2D eigenvalue weighted by molar-refractivity contribution is -0.160. The van der Waals surface area contributed by atoms with Gasteiger partial charge in [0.15, 0.2) is 6.29 Å². The topological polar surface area (TPSA) is 118 Å². The number of benzene rings is 1. The first-order valence-electron chi connectivity index (χ1n) is 23.3. The molecule has 0 amide bonds. The number of aliphatic hydroxyl groups excluding tert-OH is 1. The van der Waals surface area contributed by atoms with Crippen molar-refractivity contribution < 1.29 is 43.2 Å². The van der Waals surface area contributed by atoms with Crippen LogP contribution in [-0.4, -0.2) is 49.1 Å². The van der Waals surface area contributed by atoms with Crippen LogP contribution in [0.3, 0.4) is 0 Å². The molecule has 0 atom stereocenters. The van der Waals surface area contributed by atoms with Gasteiger partial charge in [-0.05, 0) is 54.9 Å². The lowest BCUT2D eigenvalue weighted by Crippen LogP contribution is -2.21. The predicted molar refractivity (Wildman–Crippen MR) is 230 cm³/mol. The molecule has 330 valence electrons. The fraction of sp³-hybridized carbons (Fsp3) is 0.812. The maximum absolute atomic E-state index is 12.8. The second kappa shape index (κ2) is 39.0. The molecule has 0 spiro atoms. The van der Waals surface area contributed by atoms with Crippen LogP contribution in [0.15, 0.2) is 18.2 Å². The number of carbonyl (C=O) groups is 3. The van der Waals surface area contributed by atoms with E-state index in [4.69, 9.17) is 23.7 Å². The molecule has 1 N–H and O–H groups in total. The molecule has 0 bridgehead atoms. The van der Waals surface area contributed by atoms with Gasteiger partial charge < -0.3 is 28.8 Å². The molecule has 0 saturated carbocycles. The number of hydrogen-bond donors (Lipinski definition) is 1. The smallest absolute Gasteiger partial charge is 0.306 e. The lowest BCUT2D eigenvalue weighted by Gasteiger charge is -2.19. The number of esters is 3. The van der Waals surface area contributed by atoms with Crippen LogP contribution in [0, 0.1) is 0 Å². The SMILES string of the molecule is CCCCCCCCCCOC(=O)CCCCCCCC(=O)OCc1cc(CO)cc(COC(=O)CCC(OCCCCCCCC)OCCCCCCCC)c1. The van der Waals surface area contributed by atoms with Gasteiger partial charge in [0.1, 0.15) is 13.2 Å². The summed E-state index contributed by atoms with van der Waals surface area (Å²) in [4.78, 5) is 37.2. The molecule has 0 saturated heterocycles. The Morgan fingerprint density at radius 1 is 0.439 bits per heavy atom. The molecule has 57 heavy (non-hydrogen) atoms. The Kier molecular flexibility index (Phi) is 35.9. The van der Waals surface area contributed by atoms with Crippen molar-refractivity contribution in [1.82, 2.24) is 0 Å². The Hall–Kier alpha value is -2.49. The van der Waals surface area contributed by atoms with Crippen molar-refractivity contribution in [3.8, 4) is 0 Å². The molecule has 1 rings (SSSR count). The summed E-state index contributed by atoms with van der Waals surface area (Å²) in [6.45, 7) is 8.43. The predicted octanol–water partition coefficient (Wildman–Crippen LogP) is 12.5. The zero-order valence-corrected chi connectivity index (χ0v) is 36.8. The first-order chi connectivity index (χ1) is 27.9. The third kappa shape index (κ3) is 33.1. The number of unbranched alkanes of at least 4 members (excludes halogenated alkanes) is 21. The van der Waals surface area contributed by atoms with Crippen LogP contribution in [0.5, 0.6) is 0 Å². The largest absolute Gasteiger partial charge is 0.466 e. The molecule has 9 nitrogen and oxygen atoms in total. The summed E-state index contributed by atoms with van der Waals surface area (Å²) in [6, 6.07) is 5.44. The van der Waals surface area contributed by atoms with Gasteiger partial charge in [-0.2, -0.15) is 0 Å². The summed E-state index contributed by atoms with van der Waals surface area (Å²) in [7, 11) is 0. The number of aliphatic hydroxyl groups is 1. The molecule has 0 aliphatic rings. The second-order valence-corrected chi connectivity index (χ2v) is 15.8. The van der Waals surface area contributed by atoms with E-state index in [2.05, 4.69) is 20.8 Å². The van der Waals surface area contributed by atoms with E-state index < -0.39 is 6.29 Å². The molecule has 1 aromatic carbocycles. The Morgan fingerprint density at radius 2 is 0.789 bits per heavy atom. The minimum atomic E-state index is -0.423. The normalized spacial score (nSPS) is 11.3. The molecule has 0 aromatic heterocycles. The fourth-order valence-electron chi connectivity index (χ4n) is 6.78. The van der Waals surface area contributed by atoms with Gasteiger partial charge in [-0.3, -0.25) is 14.4 Å². The number of hydrogen-bond acceptors (Lipinski definition) is 9. The molecule has 1 aromatic rings. The molecule has 0 aliphatic carbocycles. The van der Waals surface area contributed by atoms with E-state index in [1.165, 1.54) is 89.9 Å². The highest BCUT2D eigenvalue weighted by molar-refractivity contribution is 5.70. The summed E-state index contributed by atoms with van der Waals surface area (Å²) in [5.74, 6) is -0.707. The summed E-state index contributed by atoms with van der Waals surface area (Å²) < 4.78 is 28.6. The minimum Gasteiger partial charge on any atom is -0.466 e. The van der Waals surface area contributed by atoms with Crippen molar-refractivity contribution in [3.05, 3.63) is 34.9 Å². The number of rotatable bonds is 41. The number of carbonyl (C=O) groups excluding carboxylic acids is 3. The first-order valence-corrected chi connectivity index (χ1v) is 23.3. The van der Waals surface area contributed by atoms with Crippen LogP contribution >= 0.6 is 0 Å². The maximum Gasteiger partial charge on any atom is 0.306 e. The van der Waals surface area contributed by atoms with E-state index in [1.54, 1.807) is 12.1 Å². The van der Waals surface area contributed by atoms with Crippen LogP contribution < -0.4 is 0 Å². The first kappa shape index (κ1) is 52.5. The Labute approximate surface area is 348 Å². The van der Waals surface area contributed by atoms with Crippen LogP contribution in [0.25, 0.3) is 0 Å². The van der Waals surface area contributed by atoms with Gasteiger partial charge in [0.25, 0.3) is 0 Å². The van der Waals surface area contributed by atoms with E-state index in [1.807, 2.05) is 6.07 Å². The van der Waals surface area contributed by atoms with Crippen molar-refractivity contribution in [1.29, 1.82) is 0 Å². The van der Waals surface area contributed by atoms with Crippen molar-refractivity contribution in [3.63, 3.8) is 0 Å². The van der Waals surface area contributed by atoms with Gasteiger partial charge >= 0.3 is 17.9 Å². The summed E-state index contributed by atoms with van der Waals surface area (Å²) in [6.07, 6.45) is 29.4. The van der Waals surface area contributed by atoms with Crippen LogP contribution in [0.1, 0.15) is 224 Å². The molecule has 0 aliphatic heterocycles. The Balaban J connectivity index is 2.32. The van der Waals surface area contributed by atoms with Crippen LogP contribution in [-0.2, 0) is 57.9 Å². The maximum atomic E-state index is 12.8. The molecule has 9 heteroatoms. The quantitative estimate of drug-likeness (QED) is 0.0299. The zero-order valence-electron chi connectivity index (χ0n) is 36.8. The highest BCUT2D eigenvalue weighted by Crippen LogP contribution is 2.17. The van der Waals surface area contributed by atoms with Crippen molar-refractivity contribution in [2.75, 3.05) is 19.8 Å². The molecule has 0 fully saturated rings. The lowest BCUT2D eigenvalue weighted by atomic mass is 10.1. The monoisotopic (exact) mass is 805 g/mol. The fourth-order valence-corrected chi connectivity index (χ4v) is 6.78. The van der Waals surface area contributed by atoms with Gasteiger partial charge in [-0.15, -0.1) is 0 Å². The third-order valence-corrected chi connectivity index (χ3v) is 10.3. The highest BCUT2D eigenvalue weighted by Gasteiger charge is 2.15. The summed E-state index contributed by atoms with van der Waals surface area (Å²) >= 11 is 0. The highest BCUT2D eigenvalue weighted by atomic mass is 16.7. The standard InChI is InChI=1S/C48H84O9/c1-4-7-10-13-16-17-23-26-33-53-45(50)29-24-19-18-20-25-30-46(51)56-40-43-36-42(39-49)37-44(38-43)41-57-47(52)31-32-48(54-34-27-21-14-11-8-5-2)55-35-28-22-15-12-9-6-3/h36-38,48-49H,4-35,39-41H2,1-3H3. The van der Waals surface area contributed by atoms with Gasteiger partial charge in [-0.1, -0.05) is 161 Å². The molecule has 0 heterocycles. The average Bonchev–Trinajstić information content (AvgIpc) is 3.21. The molecular formula is C48H84O9. The van der Waals surface area contributed by atoms with E-state index in [9.17, 15) is 19.5 Å². The third-order valence-electron chi connectivity index (χ3n) is 10.3. The molecule has 0 unspecified atom stereocenters. The number of ether oxygens (including phenoxy) is 5. The second-order valence-electron chi connectivity index (χ2n) is 15.8. The average molecular weight is 805 g/mol. The summed E-state index contributed by atoms with van der Waals surface area (Å²) in [5, 5.41) is 9.83.